The second-order valence-corrected chi connectivity index (χ2v) is 8.47. The number of hydrogen-bond acceptors (Lipinski definition) is 6. The molecule has 0 aliphatic heterocycles. The molecule has 0 saturated carbocycles. The minimum Gasteiger partial charge on any atom is -0.480 e. The van der Waals surface area contributed by atoms with Crippen molar-refractivity contribution >= 4 is 39.4 Å². The van der Waals surface area contributed by atoms with Gasteiger partial charge >= 0.3 is 11.9 Å². The van der Waals surface area contributed by atoms with Crippen LogP contribution in [0.1, 0.15) is 51.4 Å². The third kappa shape index (κ3) is 14.0. The molecule has 5 N–H and O–H groups in total. The molecule has 1 amide bonds. The number of carbonyl (C=O) groups is 3. The molecule has 9 heteroatoms. The van der Waals surface area contributed by atoms with Crippen LogP contribution in [0.2, 0.25) is 0 Å². The van der Waals surface area contributed by atoms with E-state index in [2.05, 4.69) is 11.9 Å². The molecular weight excluding hydrogens is 376 g/mol. The predicted octanol–water partition coefficient (Wildman–Crippen LogP) is 2.66. The standard InChI is InChI=1S/C17H30N2O5S2/c1-2-3-4-5-6-7-8-9-10-15(20)19-14(17(23)24)12-26-25-11-13(18)16(21)22/h2,13-14H,1,3-12,18H2,(H,19,20)(H,21,22)(H,23,24)/t13-,14-/m0/s1. The normalized spacial score (nSPS) is 13.0. The van der Waals surface area contributed by atoms with Gasteiger partial charge in [0, 0.05) is 17.9 Å². The minimum atomic E-state index is -1.10. The Bertz CT molecular complexity index is 449. The van der Waals surface area contributed by atoms with Crippen LogP contribution in [0.5, 0.6) is 0 Å². The number of hydrogen-bond donors (Lipinski definition) is 4. The van der Waals surface area contributed by atoms with Gasteiger partial charge in [0.05, 0.1) is 0 Å². The third-order valence-corrected chi connectivity index (χ3v) is 6.03. The summed E-state index contributed by atoms with van der Waals surface area (Å²) in [7, 11) is 2.37. The van der Waals surface area contributed by atoms with Gasteiger partial charge in [-0.25, -0.2) is 4.79 Å². The van der Waals surface area contributed by atoms with Crippen LogP contribution in [0.15, 0.2) is 12.7 Å². The summed E-state index contributed by atoms with van der Waals surface area (Å²) < 4.78 is 0. The van der Waals surface area contributed by atoms with Crippen molar-refractivity contribution in [1.29, 1.82) is 0 Å². The van der Waals surface area contributed by atoms with Gasteiger partial charge in [0.25, 0.3) is 0 Å². The first-order chi connectivity index (χ1) is 12.4. The van der Waals surface area contributed by atoms with E-state index in [-0.39, 0.29) is 17.4 Å². The number of allylic oxidation sites excluding steroid dienone is 1. The van der Waals surface area contributed by atoms with Gasteiger partial charge in [0.2, 0.25) is 5.91 Å². The van der Waals surface area contributed by atoms with Crippen molar-refractivity contribution in [1.82, 2.24) is 5.32 Å². The number of aliphatic carboxylic acids is 2. The number of unbranched alkanes of at least 4 members (excludes halogenated alkanes) is 6. The summed E-state index contributed by atoms with van der Waals surface area (Å²) in [5, 5.41) is 20.4. The lowest BCUT2D eigenvalue weighted by molar-refractivity contribution is -0.141. The average molecular weight is 407 g/mol. The first kappa shape index (κ1) is 24.8. The molecule has 7 nitrogen and oxygen atoms in total. The maximum absolute atomic E-state index is 11.9. The van der Waals surface area contributed by atoms with Crippen molar-refractivity contribution in [3.05, 3.63) is 12.7 Å². The molecule has 0 rings (SSSR count). The molecule has 0 fully saturated rings. The van der Waals surface area contributed by atoms with E-state index >= 15 is 0 Å². The van der Waals surface area contributed by atoms with Crippen molar-refractivity contribution in [2.45, 2.75) is 63.5 Å². The highest BCUT2D eigenvalue weighted by molar-refractivity contribution is 8.76. The van der Waals surface area contributed by atoms with Crippen LogP contribution in [0, 0.1) is 0 Å². The fourth-order valence-corrected chi connectivity index (χ4v) is 4.30. The molecular formula is C17H30N2O5S2. The lowest BCUT2D eigenvalue weighted by Crippen LogP contribution is -2.42. The zero-order valence-corrected chi connectivity index (χ0v) is 16.7. The lowest BCUT2D eigenvalue weighted by Gasteiger charge is -2.14. The molecule has 0 aromatic heterocycles. The molecule has 0 bridgehead atoms. The topological polar surface area (TPSA) is 130 Å². The van der Waals surface area contributed by atoms with Crippen molar-refractivity contribution in [2.24, 2.45) is 5.73 Å². The van der Waals surface area contributed by atoms with Crippen LogP contribution >= 0.6 is 21.6 Å². The van der Waals surface area contributed by atoms with Crippen LogP contribution in [-0.4, -0.2) is 51.6 Å². The summed E-state index contributed by atoms with van der Waals surface area (Å²) in [6.45, 7) is 3.68. The van der Waals surface area contributed by atoms with Gasteiger partial charge in [-0.15, -0.1) is 6.58 Å². The second kappa shape index (κ2) is 16.0. The third-order valence-electron chi connectivity index (χ3n) is 3.58. The maximum atomic E-state index is 11.9. The van der Waals surface area contributed by atoms with E-state index in [0.29, 0.717) is 6.42 Å². The quantitative estimate of drug-likeness (QED) is 0.165. The van der Waals surface area contributed by atoms with E-state index in [1.54, 1.807) is 0 Å². The van der Waals surface area contributed by atoms with E-state index < -0.39 is 24.0 Å². The van der Waals surface area contributed by atoms with Gasteiger partial charge in [-0.1, -0.05) is 53.3 Å². The molecule has 0 aromatic carbocycles. The van der Waals surface area contributed by atoms with Crippen molar-refractivity contribution < 1.29 is 24.6 Å². The molecule has 0 spiro atoms. The van der Waals surface area contributed by atoms with E-state index in [1.807, 2.05) is 6.08 Å². The van der Waals surface area contributed by atoms with Gasteiger partial charge in [0.15, 0.2) is 0 Å². The highest BCUT2D eigenvalue weighted by atomic mass is 33.1. The van der Waals surface area contributed by atoms with Gasteiger partial charge in [-0.3, -0.25) is 9.59 Å². The SMILES string of the molecule is C=CCCCCCCCCC(=O)N[C@@H](CSSC[C@H](N)C(=O)O)C(=O)O. The Morgan fingerprint density at radius 1 is 0.962 bits per heavy atom. The Kier molecular flexibility index (Phi) is 15.3. The molecule has 0 heterocycles. The summed E-state index contributed by atoms with van der Waals surface area (Å²) >= 11 is 0. The predicted molar refractivity (Wildman–Crippen MR) is 107 cm³/mol. The largest absolute Gasteiger partial charge is 0.480 e. The lowest BCUT2D eigenvalue weighted by atomic mass is 10.1. The highest BCUT2D eigenvalue weighted by Gasteiger charge is 2.20. The molecule has 0 aliphatic rings. The Morgan fingerprint density at radius 2 is 1.54 bits per heavy atom. The van der Waals surface area contributed by atoms with Crippen LogP contribution in [0.4, 0.5) is 0 Å². The molecule has 0 saturated heterocycles. The highest BCUT2D eigenvalue weighted by Crippen LogP contribution is 2.22. The summed E-state index contributed by atoms with van der Waals surface area (Å²) in [5.41, 5.74) is 5.36. The molecule has 0 radical (unpaired) electrons. The fraction of sp³-hybridized carbons (Fsp3) is 0.706. The Hall–Kier alpha value is -1.19. The number of carboxylic acids is 2. The van der Waals surface area contributed by atoms with Gasteiger partial charge in [0.1, 0.15) is 12.1 Å². The first-order valence-corrected chi connectivity index (χ1v) is 11.2. The van der Waals surface area contributed by atoms with E-state index in [0.717, 1.165) is 38.5 Å². The van der Waals surface area contributed by atoms with Crippen LogP contribution in [0.25, 0.3) is 0 Å². The summed E-state index contributed by atoms with van der Waals surface area (Å²) in [5.74, 6) is -2.14. The van der Waals surface area contributed by atoms with Gasteiger partial charge in [-0.2, -0.15) is 0 Å². The van der Waals surface area contributed by atoms with Crippen molar-refractivity contribution in [3.8, 4) is 0 Å². The smallest absolute Gasteiger partial charge is 0.327 e. The number of amides is 1. The monoisotopic (exact) mass is 406 g/mol. The molecule has 0 unspecified atom stereocenters. The summed E-state index contributed by atoms with van der Waals surface area (Å²) in [6.07, 6.45) is 9.50. The number of carbonyl (C=O) groups excluding carboxylic acids is 1. The number of nitrogens with two attached hydrogens (primary N) is 1. The number of carboxylic acid groups (broad SMARTS) is 2. The molecule has 0 aliphatic carbocycles. The molecule has 0 aromatic rings. The molecule has 2 atom stereocenters. The molecule has 150 valence electrons. The number of nitrogens with one attached hydrogen (secondary N) is 1. The summed E-state index contributed by atoms with van der Waals surface area (Å²) in [6, 6.07) is -1.97. The van der Waals surface area contributed by atoms with Crippen LogP contribution in [-0.2, 0) is 14.4 Å². The Morgan fingerprint density at radius 3 is 2.12 bits per heavy atom. The van der Waals surface area contributed by atoms with E-state index in [9.17, 15) is 14.4 Å². The average Bonchev–Trinajstić information content (AvgIpc) is 2.59. The van der Waals surface area contributed by atoms with Crippen molar-refractivity contribution in [2.75, 3.05) is 11.5 Å². The fourth-order valence-electron chi connectivity index (χ4n) is 2.03. The summed E-state index contributed by atoms with van der Waals surface area (Å²) in [4.78, 5) is 33.7. The zero-order valence-electron chi connectivity index (χ0n) is 15.0. The van der Waals surface area contributed by atoms with Gasteiger partial charge < -0.3 is 21.3 Å². The van der Waals surface area contributed by atoms with Crippen LogP contribution in [0.3, 0.4) is 0 Å². The number of rotatable bonds is 17. The van der Waals surface area contributed by atoms with E-state index in [4.69, 9.17) is 15.9 Å². The van der Waals surface area contributed by atoms with Crippen molar-refractivity contribution in [3.63, 3.8) is 0 Å². The zero-order chi connectivity index (χ0) is 19.8. The van der Waals surface area contributed by atoms with E-state index in [1.165, 1.54) is 28.0 Å². The Balaban J connectivity index is 3.85. The van der Waals surface area contributed by atoms with Crippen LogP contribution < -0.4 is 11.1 Å². The Labute approximate surface area is 162 Å². The molecule has 26 heavy (non-hydrogen) atoms. The van der Waals surface area contributed by atoms with Gasteiger partial charge in [-0.05, 0) is 19.3 Å². The maximum Gasteiger partial charge on any atom is 0.327 e. The second-order valence-electron chi connectivity index (χ2n) is 5.92. The minimum absolute atomic E-state index is 0.154. The first-order valence-electron chi connectivity index (χ1n) is 8.74.